The number of benzene rings is 1. The first kappa shape index (κ1) is 14.0. The molecule has 1 aromatic carbocycles. The standard InChI is InChI=1S/C15H25NO/c1-11-9-13(10-17)7-8-14(11)16(6)12(2)15(3,4)5/h7-9,12,17H,10H2,1-6H3. The van der Waals surface area contributed by atoms with Crippen molar-refractivity contribution in [3.05, 3.63) is 29.3 Å². The lowest BCUT2D eigenvalue weighted by atomic mass is 9.86. The molecule has 0 aliphatic rings. The van der Waals surface area contributed by atoms with Crippen molar-refractivity contribution in [3.63, 3.8) is 0 Å². The van der Waals surface area contributed by atoms with Gasteiger partial charge in [-0.2, -0.15) is 0 Å². The van der Waals surface area contributed by atoms with E-state index >= 15 is 0 Å². The summed E-state index contributed by atoms with van der Waals surface area (Å²) < 4.78 is 0. The molecule has 0 aliphatic carbocycles. The number of aliphatic hydroxyl groups excluding tert-OH is 1. The van der Waals surface area contributed by atoms with Crippen molar-refractivity contribution in [1.82, 2.24) is 0 Å². The van der Waals surface area contributed by atoms with Gasteiger partial charge in [0.1, 0.15) is 0 Å². The van der Waals surface area contributed by atoms with Gasteiger partial charge in [0.15, 0.2) is 0 Å². The predicted octanol–water partition coefficient (Wildman–Crippen LogP) is 3.36. The Hall–Kier alpha value is -1.02. The summed E-state index contributed by atoms with van der Waals surface area (Å²) in [6.45, 7) is 11.2. The SMILES string of the molecule is Cc1cc(CO)ccc1N(C)C(C)C(C)(C)C. The Balaban J connectivity index is 3.01. The first-order valence-electron chi connectivity index (χ1n) is 6.20. The van der Waals surface area contributed by atoms with Crippen LogP contribution in [0.4, 0.5) is 5.69 Å². The lowest BCUT2D eigenvalue weighted by Gasteiger charge is -2.37. The van der Waals surface area contributed by atoms with E-state index in [1.54, 1.807) is 0 Å². The molecule has 1 atom stereocenters. The number of hydrogen-bond donors (Lipinski definition) is 1. The first-order chi connectivity index (χ1) is 7.77. The highest BCUT2D eigenvalue weighted by atomic mass is 16.3. The van der Waals surface area contributed by atoms with Crippen LogP contribution >= 0.6 is 0 Å². The molecular weight excluding hydrogens is 210 g/mol. The summed E-state index contributed by atoms with van der Waals surface area (Å²) in [7, 11) is 2.14. The molecule has 0 spiro atoms. The zero-order chi connectivity index (χ0) is 13.2. The van der Waals surface area contributed by atoms with Gasteiger partial charge in [-0.3, -0.25) is 0 Å². The zero-order valence-electron chi connectivity index (χ0n) is 11.9. The minimum absolute atomic E-state index is 0.111. The monoisotopic (exact) mass is 235 g/mol. The molecule has 2 nitrogen and oxygen atoms in total. The van der Waals surface area contributed by atoms with Gasteiger partial charge in [0.05, 0.1) is 6.61 Å². The van der Waals surface area contributed by atoms with Gasteiger partial charge in [0.25, 0.3) is 0 Å². The number of aryl methyl sites for hydroxylation is 1. The molecule has 0 fully saturated rings. The number of aliphatic hydroxyl groups is 1. The molecule has 0 radical (unpaired) electrons. The summed E-state index contributed by atoms with van der Waals surface area (Å²) in [4.78, 5) is 2.32. The van der Waals surface area contributed by atoms with Crippen LogP contribution in [0.25, 0.3) is 0 Å². The molecule has 1 aromatic rings. The Morgan fingerprint density at radius 1 is 1.29 bits per heavy atom. The Morgan fingerprint density at radius 2 is 1.88 bits per heavy atom. The van der Waals surface area contributed by atoms with E-state index in [1.165, 1.54) is 11.3 Å². The summed E-state index contributed by atoms with van der Waals surface area (Å²) >= 11 is 0. The van der Waals surface area contributed by atoms with Gasteiger partial charge in [0.2, 0.25) is 0 Å². The minimum atomic E-state index is 0.111. The minimum Gasteiger partial charge on any atom is -0.392 e. The van der Waals surface area contributed by atoms with E-state index in [0.717, 1.165) is 5.56 Å². The summed E-state index contributed by atoms with van der Waals surface area (Å²) in [5, 5.41) is 9.12. The van der Waals surface area contributed by atoms with Gasteiger partial charge in [-0.05, 0) is 36.5 Å². The van der Waals surface area contributed by atoms with Crippen LogP contribution in [0.2, 0.25) is 0 Å². The van der Waals surface area contributed by atoms with Crippen LogP contribution in [0.5, 0.6) is 0 Å². The van der Waals surface area contributed by atoms with Crippen molar-refractivity contribution in [1.29, 1.82) is 0 Å². The molecule has 0 aliphatic heterocycles. The van der Waals surface area contributed by atoms with E-state index in [2.05, 4.69) is 58.7 Å². The fourth-order valence-electron chi connectivity index (χ4n) is 2.00. The third-order valence-electron chi connectivity index (χ3n) is 3.66. The summed E-state index contributed by atoms with van der Waals surface area (Å²) in [5.74, 6) is 0. The van der Waals surface area contributed by atoms with Crippen molar-refractivity contribution < 1.29 is 5.11 Å². The Labute approximate surface area is 105 Å². The van der Waals surface area contributed by atoms with Crippen molar-refractivity contribution in [2.45, 2.75) is 47.3 Å². The van der Waals surface area contributed by atoms with E-state index in [9.17, 15) is 0 Å². The van der Waals surface area contributed by atoms with E-state index in [1.807, 2.05) is 6.07 Å². The number of rotatable bonds is 3. The average Bonchev–Trinajstić information content (AvgIpc) is 2.25. The van der Waals surface area contributed by atoms with Crippen molar-refractivity contribution in [2.24, 2.45) is 5.41 Å². The van der Waals surface area contributed by atoms with Gasteiger partial charge < -0.3 is 10.0 Å². The second-order valence-corrected chi connectivity index (χ2v) is 5.93. The molecular formula is C15H25NO. The Bertz CT molecular complexity index is 379. The topological polar surface area (TPSA) is 23.5 Å². The van der Waals surface area contributed by atoms with Crippen LogP contribution in [0.3, 0.4) is 0 Å². The van der Waals surface area contributed by atoms with E-state index in [4.69, 9.17) is 5.11 Å². The predicted molar refractivity (Wildman–Crippen MR) is 74.4 cm³/mol. The Morgan fingerprint density at radius 3 is 2.29 bits per heavy atom. The largest absolute Gasteiger partial charge is 0.392 e. The van der Waals surface area contributed by atoms with Crippen molar-refractivity contribution in [3.8, 4) is 0 Å². The lowest BCUT2D eigenvalue weighted by molar-refractivity contribution is 0.281. The molecule has 0 amide bonds. The fourth-order valence-corrected chi connectivity index (χ4v) is 2.00. The van der Waals surface area contributed by atoms with Crippen LogP contribution in [-0.4, -0.2) is 18.2 Å². The van der Waals surface area contributed by atoms with Crippen LogP contribution in [-0.2, 0) is 6.61 Å². The fraction of sp³-hybridized carbons (Fsp3) is 0.600. The number of hydrogen-bond acceptors (Lipinski definition) is 2. The van der Waals surface area contributed by atoms with Gasteiger partial charge in [-0.15, -0.1) is 0 Å². The quantitative estimate of drug-likeness (QED) is 0.868. The molecule has 0 bridgehead atoms. The highest BCUT2D eigenvalue weighted by molar-refractivity contribution is 5.54. The van der Waals surface area contributed by atoms with Crippen LogP contribution in [0, 0.1) is 12.3 Å². The third kappa shape index (κ3) is 3.22. The van der Waals surface area contributed by atoms with Crippen LogP contribution < -0.4 is 4.90 Å². The molecule has 0 aromatic heterocycles. The molecule has 1 N–H and O–H groups in total. The second kappa shape index (κ2) is 5.09. The molecule has 2 heteroatoms. The number of nitrogens with zero attached hydrogens (tertiary/aromatic N) is 1. The maximum absolute atomic E-state index is 9.12. The summed E-state index contributed by atoms with van der Waals surface area (Å²) in [5.41, 5.74) is 3.68. The van der Waals surface area contributed by atoms with Gasteiger partial charge >= 0.3 is 0 Å². The van der Waals surface area contributed by atoms with E-state index in [-0.39, 0.29) is 12.0 Å². The van der Waals surface area contributed by atoms with Crippen molar-refractivity contribution in [2.75, 3.05) is 11.9 Å². The highest BCUT2D eigenvalue weighted by Crippen LogP contribution is 2.29. The zero-order valence-corrected chi connectivity index (χ0v) is 11.9. The maximum atomic E-state index is 9.12. The summed E-state index contributed by atoms with van der Waals surface area (Å²) in [6.07, 6.45) is 0. The van der Waals surface area contributed by atoms with Crippen molar-refractivity contribution >= 4 is 5.69 Å². The van der Waals surface area contributed by atoms with Crippen LogP contribution in [0.15, 0.2) is 18.2 Å². The van der Waals surface area contributed by atoms with Crippen LogP contribution in [0.1, 0.15) is 38.8 Å². The average molecular weight is 235 g/mol. The molecule has 96 valence electrons. The van der Waals surface area contributed by atoms with Gasteiger partial charge in [-0.1, -0.05) is 32.9 Å². The molecule has 0 saturated carbocycles. The molecule has 0 saturated heterocycles. The third-order valence-corrected chi connectivity index (χ3v) is 3.66. The highest BCUT2D eigenvalue weighted by Gasteiger charge is 2.24. The molecule has 1 rings (SSSR count). The normalized spacial score (nSPS) is 13.6. The van der Waals surface area contributed by atoms with Gasteiger partial charge in [-0.25, -0.2) is 0 Å². The smallest absolute Gasteiger partial charge is 0.0681 e. The lowest BCUT2D eigenvalue weighted by Crippen LogP contribution is -2.39. The molecule has 1 unspecified atom stereocenters. The molecule has 0 heterocycles. The second-order valence-electron chi connectivity index (χ2n) is 5.93. The maximum Gasteiger partial charge on any atom is 0.0681 e. The molecule has 17 heavy (non-hydrogen) atoms. The van der Waals surface area contributed by atoms with E-state index in [0.29, 0.717) is 6.04 Å². The number of anilines is 1. The van der Waals surface area contributed by atoms with E-state index < -0.39 is 0 Å². The Kier molecular flexibility index (Phi) is 4.21. The van der Waals surface area contributed by atoms with Gasteiger partial charge in [0, 0.05) is 18.8 Å². The first-order valence-corrected chi connectivity index (χ1v) is 6.20. The summed E-state index contributed by atoms with van der Waals surface area (Å²) in [6, 6.07) is 6.61.